The van der Waals surface area contributed by atoms with Crippen molar-refractivity contribution in [1.29, 1.82) is 21.2 Å². The smallest absolute Gasteiger partial charge is 0.217 e. The molecule has 0 aromatic heterocycles. The van der Waals surface area contributed by atoms with Gasteiger partial charge in [-0.2, -0.15) is 15.8 Å². The maximum absolute atomic E-state index is 10.3. The zero-order chi connectivity index (χ0) is 22.5. The molecule has 3 aliphatic rings. The van der Waals surface area contributed by atoms with E-state index in [0.29, 0.717) is 25.2 Å². The Morgan fingerprint density at radius 2 is 1.61 bits per heavy atom. The third-order valence-corrected chi connectivity index (χ3v) is 8.03. The summed E-state index contributed by atoms with van der Waals surface area (Å²) in [6, 6.07) is 6.63. The second-order valence-electron chi connectivity index (χ2n) is 9.67. The Balaban J connectivity index is 1.78. The van der Waals surface area contributed by atoms with Crippen molar-refractivity contribution in [2.24, 2.45) is 22.7 Å². The predicted octanol–water partition coefficient (Wildman–Crippen LogP) is 5.99. The predicted molar refractivity (Wildman–Crippen MR) is 116 cm³/mol. The summed E-state index contributed by atoms with van der Waals surface area (Å²) >= 11 is 0. The lowest BCUT2D eigenvalue weighted by Crippen LogP contribution is -2.64. The van der Waals surface area contributed by atoms with Crippen molar-refractivity contribution in [3.8, 4) is 18.2 Å². The minimum Gasteiger partial charge on any atom is -0.447 e. The molecule has 5 atom stereocenters. The molecule has 168 valence electrons. The fourth-order valence-corrected chi connectivity index (χ4v) is 6.12. The number of hydrogen-bond acceptors (Lipinski definition) is 6. The zero-order valence-electron chi connectivity index (χ0n) is 19.1. The Morgan fingerprint density at radius 1 is 0.968 bits per heavy atom. The van der Waals surface area contributed by atoms with Gasteiger partial charge in [-0.3, -0.25) is 5.41 Å². The molecule has 0 aromatic carbocycles. The molecule has 0 amide bonds. The second-order valence-corrected chi connectivity index (χ2v) is 9.67. The average molecular weight is 425 g/mol. The van der Waals surface area contributed by atoms with E-state index in [0.717, 1.165) is 32.1 Å². The average Bonchev–Trinajstić information content (AvgIpc) is 2.99. The van der Waals surface area contributed by atoms with Crippen LogP contribution in [0.2, 0.25) is 0 Å². The summed E-state index contributed by atoms with van der Waals surface area (Å²) in [5.41, 5.74) is -3.26. The van der Waals surface area contributed by atoms with Gasteiger partial charge < -0.3 is 9.47 Å². The van der Waals surface area contributed by atoms with E-state index in [4.69, 9.17) is 14.9 Å². The van der Waals surface area contributed by atoms with Crippen LogP contribution >= 0.6 is 0 Å². The molecule has 2 aliphatic heterocycles. The number of ether oxygens (including phenoxy) is 2. The van der Waals surface area contributed by atoms with Crippen LogP contribution in [0.5, 0.6) is 0 Å². The van der Waals surface area contributed by atoms with Crippen molar-refractivity contribution >= 4 is 5.90 Å². The Bertz CT molecular complexity index is 777. The maximum Gasteiger partial charge on any atom is 0.217 e. The maximum atomic E-state index is 10.3. The standard InChI is InChI=1S/C25H36N4O2/c1-3-5-6-7-8-9-10-11-12-21-23(16-26,17-27)24(18-28)20-15-19(4-2)13-14-25(20,30-21)31-22(24)29/h19-21,29H,3-15H2,1-2H3. The van der Waals surface area contributed by atoms with Gasteiger partial charge in [0.2, 0.25) is 11.7 Å². The van der Waals surface area contributed by atoms with Crippen LogP contribution in [0.15, 0.2) is 0 Å². The molecule has 1 aliphatic carbocycles. The van der Waals surface area contributed by atoms with Crippen molar-refractivity contribution in [3.05, 3.63) is 0 Å². The van der Waals surface area contributed by atoms with Crippen molar-refractivity contribution in [2.75, 3.05) is 0 Å². The molecule has 6 heteroatoms. The molecule has 2 saturated heterocycles. The zero-order valence-corrected chi connectivity index (χ0v) is 19.1. The summed E-state index contributed by atoms with van der Waals surface area (Å²) in [5, 5.41) is 39.4. The molecule has 6 nitrogen and oxygen atoms in total. The number of nitriles is 3. The monoisotopic (exact) mass is 424 g/mol. The number of nitrogens with one attached hydrogen (secondary N) is 1. The Morgan fingerprint density at radius 3 is 2.19 bits per heavy atom. The summed E-state index contributed by atoms with van der Waals surface area (Å²) in [5.74, 6) is -1.31. The molecule has 3 fully saturated rings. The van der Waals surface area contributed by atoms with Gasteiger partial charge in [-0.15, -0.1) is 0 Å². The minimum atomic E-state index is -1.71. The molecule has 1 saturated carbocycles. The lowest BCUT2D eigenvalue weighted by Gasteiger charge is -2.52. The van der Waals surface area contributed by atoms with Crippen LogP contribution in [0.1, 0.15) is 97.3 Å². The van der Waals surface area contributed by atoms with Crippen LogP contribution in [0.4, 0.5) is 0 Å². The lowest BCUT2D eigenvalue weighted by molar-refractivity contribution is -0.297. The molecule has 3 rings (SSSR count). The van der Waals surface area contributed by atoms with E-state index < -0.39 is 28.6 Å². The van der Waals surface area contributed by atoms with Crippen LogP contribution in [-0.2, 0) is 9.47 Å². The van der Waals surface area contributed by atoms with Crippen LogP contribution < -0.4 is 0 Å². The summed E-state index contributed by atoms with van der Waals surface area (Å²) < 4.78 is 12.4. The number of nitrogens with zero attached hydrogens (tertiary/aromatic N) is 3. The Kier molecular flexibility index (Phi) is 7.28. The van der Waals surface area contributed by atoms with E-state index in [1.165, 1.54) is 32.1 Å². The molecule has 5 unspecified atom stereocenters. The molecule has 0 radical (unpaired) electrons. The highest BCUT2D eigenvalue weighted by atomic mass is 16.7. The van der Waals surface area contributed by atoms with Crippen molar-refractivity contribution in [2.45, 2.75) is 109 Å². The Labute approximate surface area is 187 Å². The van der Waals surface area contributed by atoms with Gasteiger partial charge >= 0.3 is 0 Å². The number of unbranched alkanes of at least 4 members (excludes halogenated alkanes) is 7. The van der Waals surface area contributed by atoms with Crippen LogP contribution in [0, 0.1) is 62.1 Å². The van der Waals surface area contributed by atoms with E-state index in [-0.39, 0.29) is 5.90 Å². The highest BCUT2D eigenvalue weighted by molar-refractivity contribution is 5.89. The van der Waals surface area contributed by atoms with Crippen molar-refractivity contribution in [1.82, 2.24) is 0 Å². The first-order chi connectivity index (χ1) is 15.0. The van der Waals surface area contributed by atoms with Crippen LogP contribution in [0.3, 0.4) is 0 Å². The van der Waals surface area contributed by atoms with Gasteiger partial charge in [0.1, 0.15) is 0 Å². The van der Waals surface area contributed by atoms with Gasteiger partial charge in [-0.1, -0.05) is 71.6 Å². The minimum absolute atomic E-state index is 0.238. The topological polar surface area (TPSA) is 114 Å². The first kappa shape index (κ1) is 23.6. The summed E-state index contributed by atoms with van der Waals surface area (Å²) in [7, 11) is 0. The van der Waals surface area contributed by atoms with E-state index in [1.807, 2.05) is 0 Å². The molecular weight excluding hydrogens is 388 g/mol. The van der Waals surface area contributed by atoms with Gasteiger partial charge in [0.15, 0.2) is 10.8 Å². The normalized spacial score (nSPS) is 35.3. The number of hydrogen-bond donors (Lipinski definition) is 1. The van der Waals surface area contributed by atoms with E-state index >= 15 is 0 Å². The SMILES string of the molecule is CCCCCCCCCCC1OC23CCC(CC)CC2C(C#N)(C(=N)O3)C1(C#N)C#N. The second kappa shape index (κ2) is 9.58. The van der Waals surface area contributed by atoms with Gasteiger partial charge in [-0.25, -0.2) is 0 Å². The van der Waals surface area contributed by atoms with Gasteiger partial charge in [0, 0.05) is 6.42 Å². The van der Waals surface area contributed by atoms with Crippen LogP contribution in [0.25, 0.3) is 0 Å². The molecule has 0 aromatic rings. The van der Waals surface area contributed by atoms with Gasteiger partial charge in [-0.05, 0) is 25.2 Å². The third kappa shape index (κ3) is 3.62. The van der Waals surface area contributed by atoms with Crippen LogP contribution in [-0.4, -0.2) is 17.8 Å². The van der Waals surface area contributed by atoms with Crippen molar-refractivity contribution in [3.63, 3.8) is 0 Å². The highest BCUT2D eigenvalue weighted by Gasteiger charge is 2.80. The molecular formula is C25H36N4O2. The molecule has 2 bridgehead atoms. The van der Waals surface area contributed by atoms with E-state index in [9.17, 15) is 15.8 Å². The summed E-state index contributed by atoms with van der Waals surface area (Å²) in [6.45, 7) is 4.33. The Hall–Kier alpha value is -2.10. The number of rotatable bonds is 10. The van der Waals surface area contributed by atoms with Gasteiger partial charge in [0.05, 0.1) is 30.2 Å². The first-order valence-corrected chi connectivity index (χ1v) is 12.2. The highest BCUT2D eigenvalue weighted by Crippen LogP contribution is 2.67. The van der Waals surface area contributed by atoms with E-state index in [2.05, 4.69) is 32.1 Å². The summed E-state index contributed by atoms with van der Waals surface area (Å²) in [4.78, 5) is 0. The molecule has 2 heterocycles. The first-order valence-electron chi connectivity index (χ1n) is 12.2. The molecule has 0 spiro atoms. The van der Waals surface area contributed by atoms with Crippen molar-refractivity contribution < 1.29 is 9.47 Å². The third-order valence-electron chi connectivity index (χ3n) is 8.03. The lowest BCUT2D eigenvalue weighted by atomic mass is 9.51. The fourth-order valence-electron chi connectivity index (χ4n) is 6.12. The van der Waals surface area contributed by atoms with Gasteiger partial charge in [0.25, 0.3) is 0 Å². The fraction of sp³-hybridized carbons (Fsp3) is 0.840. The summed E-state index contributed by atoms with van der Waals surface area (Å²) in [6.07, 6.45) is 12.2. The quantitative estimate of drug-likeness (QED) is 0.433. The molecule has 1 N–H and O–H groups in total. The largest absolute Gasteiger partial charge is 0.447 e. The van der Waals surface area contributed by atoms with E-state index in [1.54, 1.807) is 0 Å². The molecule has 31 heavy (non-hydrogen) atoms.